The predicted octanol–water partition coefficient (Wildman–Crippen LogP) is 4.92. The summed E-state index contributed by atoms with van der Waals surface area (Å²) in [6.07, 6.45) is 0.453. The summed E-state index contributed by atoms with van der Waals surface area (Å²) in [4.78, 5) is 44.6. The summed E-state index contributed by atoms with van der Waals surface area (Å²) in [6, 6.07) is 19.2. The van der Waals surface area contributed by atoms with E-state index in [1.54, 1.807) is 53.4 Å². The first kappa shape index (κ1) is 24.6. The van der Waals surface area contributed by atoms with Crippen molar-refractivity contribution in [3.63, 3.8) is 0 Å². The number of hydrogen-bond donors (Lipinski definition) is 0. The van der Waals surface area contributed by atoms with Gasteiger partial charge in [-0.2, -0.15) is 0 Å². The van der Waals surface area contributed by atoms with E-state index >= 15 is 0 Å². The van der Waals surface area contributed by atoms with Crippen molar-refractivity contribution in [2.75, 3.05) is 13.7 Å². The van der Waals surface area contributed by atoms with Gasteiger partial charge in [0.25, 0.3) is 17.2 Å². The number of fused-ring (bicyclic) bond motifs is 1. The lowest BCUT2D eigenvalue weighted by molar-refractivity contribution is -0.384. The zero-order valence-corrected chi connectivity index (χ0v) is 20.2. The highest BCUT2D eigenvalue weighted by molar-refractivity contribution is 5.95. The molecule has 0 saturated heterocycles. The van der Waals surface area contributed by atoms with E-state index in [9.17, 15) is 19.7 Å². The van der Waals surface area contributed by atoms with Gasteiger partial charge in [0, 0.05) is 24.2 Å². The molecule has 0 fully saturated rings. The standard InChI is InChI=1S/C27H26N4O5/c1-4-22(29(5-2)26(32)18-11-10-12-19(17-18)31(34)35)25-28-21-14-7-6-13-20(21)27(33)30(25)23-15-8-9-16-24(23)36-3/h6-17,22H,4-5H2,1-3H3. The van der Waals surface area contributed by atoms with Gasteiger partial charge in [0.2, 0.25) is 0 Å². The number of nitro benzene ring substituents is 1. The van der Waals surface area contributed by atoms with Crippen LogP contribution in [0.4, 0.5) is 5.69 Å². The van der Waals surface area contributed by atoms with Gasteiger partial charge in [-0.05, 0) is 43.7 Å². The Labute approximate surface area is 207 Å². The average Bonchev–Trinajstić information content (AvgIpc) is 2.91. The third-order valence-corrected chi connectivity index (χ3v) is 6.09. The Morgan fingerprint density at radius 1 is 1.08 bits per heavy atom. The van der Waals surface area contributed by atoms with Crippen molar-refractivity contribution in [3.8, 4) is 11.4 Å². The second-order valence-electron chi connectivity index (χ2n) is 8.12. The van der Waals surface area contributed by atoms with E-state index in [2.05, 4.69) is 0 Å². The fourth-order valence-corrected chi connectivity index (χ4v) is 4.39. The second kappa shape index (κ2) is 10.4. The average molecular weight is 487 g/mol. The molecule has 9 nitrogen and oxygen atoms in total. The van der Waals surface area contributed by atoms with Gasteiger partial charge in [0.05, 0.1) is 34.7 Å². The number of aromatic nitrogens is 2. The molecule has 4 rings (SSSR count). The second-order valence-corrected chi connectivity index (χ2v) is 8.12. The molecule has 0 aliphatic heterocycles. The number of nitro groups is 1. The van der Waals surface area contributed by atoms with E-state index < -0.39 is 11.0 Å². The van der Waals surface area contributed by atoms with Gasteiger partial charge in [-0.1, -0.05) is 37.3 Å². The number of rotatable bonds is 8. The van der Waals surface area contributed by atoms with Crippen LogP contribution in [-0.2, 0) is 0 Å². The van der Waals surface area contributed by atoms with Crippen molar-refractivity contribution in [2.24, 2.45) is 0 Å². The van der Waals surface area contributed by atoms with E-state index in [-0.39, 0.29) is 22.7 Å². The summed E-state index contributed by atoms with van der Waals surface area (Å²) in [5.41, 5.74) is 0.769. The zero-order valence-electron chi connectivity index (χ0n) is 20.2. The van der Waals surface area contributed by atoms with Crippen LogP contribution in [0.15, 0.2) is 77.6 Å². The lowest BCUT2D eigenvalue weighted by atomic mass is 10.1. The molecule has 0 radical (unpaired) electrons. The van der Waals surface area contributed by atoms with Crippen molar-refractivity contribution in [1.82, 2.24) is 14.5 Å². The number of nitrogens with zero attached hydrogens (tertiary/aromatic N) is 4. The summed E-state index contributed by atoms with van der Waals surface area (Å²) in [5, 5.41) is 11.7. The van der Waals surface area contributed by atoms with Crippen LogP contribution in [-0.4, -0.2) is 38.9 Å². The monoisotopic (exact) mass is 486 g/mol. The van der Waals surface area contributed by atoms with E-state index in [4.69, 9.17) is 9.72 Å². The smallest absolute Gasteiger partial charge is 0.270 e. The fourth-order valence-electron chi connectivity index (χ4n) is 4.39. The molecule has 0 aliphatic carbocycles. The topological polar surface area (TPSA) is 108 Å². The Hall–Kier alpha value is -4.53. The minimum absolute atomic E-state index is 0.167. The van der Waals surface area contributed by atoms with Crippen LogP contribution < -0.4 is 10.3 Å². The van der Waals surface area contributed by atoms with Crippen molar-refractivity contribution >= 4 is 22.5 Å². The van der Waals surface area contributed by atoms with Crippen molar-refractivity contribution in [2.45, 2.75) is 26.3 Å². The molecule has 0 aliphatic rings. The highest BCUT2D eigenvalue weighted by Gasteiger charge is 2.30. The number of amides is 1. The van der Waals surface area contributed by atoms with E-state index in [0.29, 0.717) is 41.1 Å². The highest BCUT2D eigenvalue weighted by Crippen LogP contribution is 2.30. The summed E-state index contributed by atoms with van der Waals surface area (Å²) < 4.78 is 7.04. The maximum atomic E-state index is 13.8. The molecule has 9 heteroatoms. The number of ether oxygens (including phenoxy) is 1. The number of methoxy groups -OCH3 is 1. The van der Waals surface area contributed by atoms with Gasteiger partial charge in [0.15, 0.2) is 0 Å². The van der Waals surface area contributed by atoms with Gasteiger partial charge in [-0.15, -0.1) is 0 Å². The van der Waals surface area contributed by atoms with Crippen LogP contribution in [0, 0.1) is 10.1 Å². The quantitative estimate of drug-likeness (QED) is 0.259. The molecule has 1 amide bonds. The Morgan fingerprint density at radius 3 is 2.50 bits per heavy atom. The molecule has 0 bridgehead atoms. The number of carbonyl (C=O) groups is 1. The van der Waals surface area contributed by atoms with Gasteiger partial charge >= 0.3 is 0 Å². The molecule has 184 valence electrons. The normalized spacial score (nSPS) is 11.8. The molecule has 1 atom stereocenters. The summed E-state index contributed by atoms with van der Waals surface area (Å²) in [6.45, 7) is 4.03. The molecule has 0 spiro atoms. The highest BCUT2D eigenvalue weighted by atomic mass is 16.6. The molecule has 1 heterocycles. The number of benzene rings is 3. The molecular weight excluding hydrogens is 460 g/mol. The van der Waals surface area contributed by atoms with Gasteiger partial charge in [-0.3, -0.25) is 24.3 Å². The van der Waals surface area contributed by atoms with Gasteiger partial charge in [0.1, 0.15) is 11.6 Å². The van der Waals surface area contributed by atoms with Crippen LogP contribution >= 0.6 is 0 Å². The van der Waals surface area contributed by atoms with Gasteiger partial charge in [-0.25, -0.2) is 4.98 Å². The van der Waals surface area contributed by atoms with Gasteiger partial charge < -0.3 is 9.64 Å². The van der Waals surface area contributed by atoms with Crippen LogP contribution in [0.1, 0.15) is 42.5 Å². The molecule has 4 aromatic rings. The third-order valence-electron chi connectivity index (χ3n) is 6.09. The third kappa shape index (κ3) is 4.43. The Balaban J connectivity index is 1.94. The summed E-state index contributed by atoms with van der Waals surface area (Å²) >= 11 is 0. The molecule has 0 saturated carbocycles. The molecule has 36 heavy (non-hydrogen) atoms. The molecule has 1 unspecified atom stereocenters. The first-order chi connectivity index (χ1) is 17.4. The van der Waals surface area contributed by atoms with Crippen molar-refractivity contribution in [1.29, 1.82) is 0 Å². The Kier molecular flexibility index (Phi) is 7.10. The van der Waals surface area contributed by atoms with Crippen LogP contribution in [0.3, 0.4) is 0 Å². The maximum Gasteiger partial charge on any atom is 0.270 e. The first-order valence-electron chi connectivity index (χ1n) is 11.6. The van der Waals surface area contributed by atoms with Crippen LogP contribution in [0.25, 0.3) is 16.6 Å². The minimum atomic E-state index is -0.594. The predicted molar refractivity (Wildman–Crippen MR) is 137 cm³/mol. The molecular formula is C27H26N4O5. The first-order valence-corrected chi connectivity index (χ1v) is 11.6. The number of para-hydroxylation sites is 3. The Morgan fingerprint density at radius 2 is 1.81 bits per heavy atom. The minimum Gasteiger partial charge on any atom is -0.495 e. The van der Waals surface area contributed by atoms with E-state index in [0.717, 1.165) is 0 Å². The Bertz CT molecular complexity index is 1500. The number of hydrogen-bond acceptors (Lipinski definition) is 6. The molecule has 3 aromatic carbocycles. The lowest BCUT2D eigenvalue weighted by Crippen LogP contribution is -2.38. The van der Waals surface area contributed by atoms with E-state index in [1.165, 1.54) is 29.9 Å². The lowest BCUT2D eigenvalue weighted by Gasteiger charge is -2.31. The van der Waals surface area contributed by atoms with E-state index in [1.807, 2.05) is 19.9 Å². The maximum absolute atomic E-state index is 13.8. The summed E-state index contributed by atoms with van der Waals surface area (Å²) in [7, 11) is 1.53. The van der Waals surface area contributed by atoms with Crippen molar-refractivity contribution in [3.05, 3.63) is 105 Å². The number of non-ortho nitro benzene ring substituents is 1. The SMILES string of the molecule is CCC(c1nc2ccccc2c(=O)n1-c1ccccc1OC)N(CC)C(=O)c1cccc([N+](=O)[O-])c1. The molecule has 0 N–H and O–H groups in total. The zero-order chi connectivity index (χ0) is 25.8. The largest absolute Gasteiger partial charge is 0.495 e. The molecule has 1 aromatic heterocycles. The van der Waals surface area contributed by atoms with Crippen LogP contribution in [0.5, 0.6) is 5.75 Å². The fraction of sp³-hybridized carbons (Fsp3) is 0.222. The van der Waals surface area contributed by atoms with Crippen molar-refractivity contribution < 1.29 is 14.5 Å². The summed E-state index contributed by atoms with van der Waals surface area (Å²) in [5.74, 6) is 0.481. The van der Waals surface area contributed by atoms with Crippen LogP contribution in [0.2, 0.25) is 0 Å². The number of carbonyl (C=O) groups excluding carboxylic acids is 1.